The summed E-state index contributed by atoms with van der Waals surface area (Å²) in [5.41, 5.74) is 5.54. The van der Waals surface area contributed by atoms with Crippen molar-refractivity contribution in [1.29, 1.82) is 0 Å². The minimum atomic E-state index is 0.221. The Kier molecular flexibility index (Phi) is 3.46. The summed E-state index contributed by atoms with van der Waals surface area (Å²) in [6, 6.07) is 6.27. The Balaban J connectivity index is 1.42. The number of rotatable bonds is 1. The molecule has 1 atom stereocenters. The highest BCUT2D eigenvalue weighted by Crippen LogP contribution is 2.46. The molecule has 1 aromatic heterocycles. The number of fused-ring (bicyclic) bond motifs is 3. The number of aryl methyl sites for hydroxylation is 1. The van der Waals surface area contributed by atoms with Crippen molar-refractivity contribution >= 4 is 23.1 Å². The molecule has 1 aliphatic carbocycles. The number of nitrogens with one attached hydrogen (secondary N) is 1. The van der Waals surface area contributed by atoms with Gasteiger partial charge in [0.15, 0.2) is 0 Å². The second-order valence-corrected chi connectivity index (χ2v) is 8.24. The van der Waals surface area contributed by atoms with Crippen LogP contribution in [0.1, 0.15) is 48.9 Å². The number of piperidine rings is 1. The fraction of sp³-hybridized carbons (Fsp3) is 0.500. The van der Waals surface area contributed by atoms with Gasteiger partial charge in [-0.15, -0.1) is 0 Å². The molecule has 0 saturated carbocycles. The number of anilines is 2. The van der Waals surface area contributed by atoms with Gasteiger partial charge in [0.05, 0.1) is 0 Å². The Morgan fingerprint density at radius 1 is 1.24 bits per heavy atom. The maximum Gasteiger partial charge on any atom is 0.135 e. The third-order valence-corrected chi connectivity index (χ3v) is 6.68. The van der Waals surface area contributed by atoms with E-state index < -0.39 is 0 Å². The molecule has 2 aromatic rings. The van der Waals surface area contributed by atoms with Gasteiger partial charge in [0, 0.05) is 47.0 Å². The van der Waals surface area contributed by atoms with Crippen LogP contribution in [-0.2, 0) is 11.8 Å². The molecule has 1 saturated heterocycles. The van der Waals surface area contributed by atoms with E-state index in [-0.39, 0.29) is 5.41 Å². The SMILES string of the molecule is CC1CCc2ncnc(N3CCC4(CC3)CNc3ccc(Cl)cc34)c21. The van der Waals surface area contributed by atoms with Gasteiger partial charge in [-0.25, -0.2) is 9.97 Å². The standard InChI is InChI=1S/C20H23ClN4/c1-13-2-4-17-18(13)19(24-12-23-17)25-8-6-20(7-9-25)11-22-16-5-3-14(21)10-15(16)20/h3,5,10,12-13,22H,2,4,6-9,11H2,1H3. The number of hydrogen-bond acceptors (Lipinski definition) is 4. The van der Waals surface area contributed by atoms with Crippen molar-refractivity contribution in [3.63, 3.8) is 0 Å². The largest absolute Gasteiger partial charge is 0.384 e. The van der Waals surface area contributed by atoms with E-state index in [0.29, 0.717) is 5.92 Å². The summed E-state index contributed by atoms with van der Waals surface area (Å²) < 4.78 is 0. The van der Waals surface area contributed by atoms with Crippen molar-refractivity contribution in [2.75, 3.05) is 29.9 Å². The highest BCUT2D eigenvalue weighted by atomic mass is 35.5. The number of benzene rings is 1. The lowest BCUT2D eigenvalue weighted by atomic mass is 9.74. The molecule has 1 unspecified atom stereocenters. The zero-order valence-electron chi connectivity index (χ0n) is 14.6. The van der Waals surface area contributed by atoms with Gasteiger partial charge in [-0.3, -0.25) is 0 Å². The fourth-order valence-corrected chi connectivity index (χ4v) is 5.11. The average molecular weight is 355 g/mol. The lowest BCUT2D eigenvalue weighted by molar-refractivity contribution is 0.360. The van der Waals surface area contributed by atoms with Crippen LogP contribution in [0.25, 0.3) is 0 Å². The first-order valence-corrected chi connectivity index (χ1v) is 9.67. The van der Waals surface area contributed by atoms with Gasteiger partial charge in [0.25, 0.3) is 0 Å². The predicted octanol–water partition coefficient (Wildman–Crippen LogP) is 4.14. The molecule has 0 bridgehead atoms. The smallest absolute Gasteiger partial charge is 0.135 e. The van der Waals surface area contributed by atoms with Gasteiger partial charge in [0.1, 0.15) is 12.1 Å². The first-order valence-electron chi connectivity index (χ1n) is 9.29. The van der Waals surface area contributed by atoms with Crippen LogP contribution in [0.5, 0.6) is 0 Å². The average Bonchev–Trinajstić information content (AvgIpc) is 3.18. The van der Waals surface area contributed by atoms with E-state index in [1.807, 2.05) is 6.07 Å². The van der Waals surface area contributed by atoms with Crippen LogP contribution < -0.4 is 10.2 Å². The Hall–Kier alpha value is -1.81. The van der Waals surface area contributed by atoms with Crippen molar-refractivity contribution in [3.05, 3.63) is 46.4 Å². The molecule has 2 aliphatic heterocycles. The van der Waals surface area contributed by atoms with Crippen LogP contribution in [0.3, 0.4) is 0 Å². The number of hydrogen-bond donors (Lipinski definition) is 1. The van der Waals surface area contributed by atoms with Gasteiger partial charge in [0.2, 0.25) is 0 Å². The van der Waals surface area contributed by atoms with Crippen molar-refractivity contribution in [2.24, 2.45) is 0 Å². The lowest BCUT2D eigenvalue weighted by Crippen LogP contribution is -2.44. The van der Waals surface area contributed by atoms with E-state index >= 15 is 0 Å². The maximum atomic E-state index is 6.28. The summed E-state index contributed by atoms with van der Waals surface area (Å²) in [4.78, 5) is 11.7. The topological polar surface area (TPSA) is 41.1 Å². The normalized spacial score (nSPS) is 23.4. The fourth-order valence-electron chi connectivity index (χ4n) is 4.94. The van der Waals surface area contributed by atoms with Crippen molar-refractivity contribution in [1.82, 2.24) is 9.97 Å². The molecule has 1 spiro atoms. The van der Waals surface area contributed by atoms with E-state index in [0.717, 1.165) is 43.9 Å². The van der Waals surface area contributed by atoms with E-state index in [4.69, 9.17) is 11.6 Å². The van der Waals surface area contributed by atoms with Crippen LogP contribution in [0.15, 0.2) is 24.5 Å². The molecule has 5 heteroatoms. The third kappa shape index (κ3) is 2.34. The molecule has 1 N–H and O–H groups in total. The molecule has 5 rings (SSSR count). The zero-order valence-corrected chi connectivity index (χ0v) is 15.3. The highest BCUT2D eigenvalue weighted by molar-refractivity contribution is 6.30. The Bertz CT molecular complexity index is 826. The van der Waals surface area contributed by atoms with Crippen LogP contribution in [0, 0.1) is 0 Å². The molecule has 3 heterocycles. The number of aromatic nitrogens is 2. The minimum absolute atomic E-state index is 0.221. The maximum absolute atomic E-state index is 6.28. The van der Waals surface area contributed by atoms with Crippen LogP contribution >= 0.6 is 11.6 Å². The van der Waals surface area contributed by atoms with Crippen LogP contribution in [-0.4, -0.2) is 29.6 Å². The molecule has 0 radical (unpaired) electrons. The molecule has 130 valence electrons. The monoisotopic (exact) mass is 354 g/mol. The van der Waals surface area contributed by atoms with Gasteiger partial charge in [-0.05, 0) is 55.4 Å². The molecular weight excluding hydrogens is 332 g/mol. The van der Waals surface area contributed by atoms with E-state index in [1.165, 1.54) is 34.7 Å². The second kappa shape index (κ2) is 5.60. The quantitative estimate of drug-likeness (QED) is 0.835. The minimum Gasteiger partial charge on any atom is -0.384 e. The summed E-state index contributed by atoms with van der Waals surface area (Å²) >= 11 is 6.28. The van der Waals surface area contributed by atoms with Gasteiger partial charge in [-0.1, -0.05) is 18.5 Å². The first-order chi connectivity index (χ1) is 12.2. The van der Waals surface area contributed by atoms with Gasteiger partial charge < -0.3 is 10.2 Å². The van der Waals surface area contributed by atoms with Crippen LogP contribution in [0.2, 0.25) is 5.02 Å². The van der Waals surface area contributed by atoms with E-state index in [9.17, 15) is 0 Å². The molecular formula is C20H23ClN4. The van der Waals surface area contributed by atoms with Crippen molar-refractivity contribution in [3.8, 4) is 0 Å². The summed E-state index contributed by atoms with van der Waals surface area (Å²) in [6.07, 6.45) is 6.33. The van der Waals surface area contributed by atoms with Gasteiger partial charge in [-0.2, -0.15) is 0 Å². The Morgan fingerprint density at radius 3 is 2.92 bits per heavy atom. The summed E-state index contributed by atoms with van der Waals surface area (Å²) in [7, 11) is 0. The Morgan fingerprint density at radius 2 is 2.08 bits per heavy atom. The predicted molar refractivity (Wildman–Crippen MR) is 102 cm³/mol. The van der Waals surface area contributed by atoms with E-state index in [1.54, 1.807) is 6.33 Å². The number of halogens is 1. The molecule has 4 nitrogen and oxygen atoms in total. The molecule has 0 amide bonds. The summed E-state index contributed by atoms with van der Waals surface area (Å²) in [5, 5.41) is 4.43. The summed E-state index contributed by atoms with van der Waals surface area (Å²) in [5.74, 6) is 1.76. The Labute approximate surface area is 153 Å². The second-order valence-electron chi connectivity index (χ2n) is 7.81. The van der Waals surface area contributed by atoms with Crippen molar-refractivity contribution < 1.29 is 0 Å². The summed E-state index contributed by atoms with van der Waals surface area (Å²) in [6.45, 7) is 5.42. The lowest BCUT2D eigenvalue weighted by Gasteiger charge is -2.40. The third-order valence-electron chi connectivity index (χ3n) is 6.44. The molecule has 1 aromatic carbocycles. The first kappa shape index (κ1) is 15.4. The molecule has 25 heavy (non-hydrogen) atoms. The van der Waals surface area contributed by atoms with Gasteiger partial charge >= 0.3 is 0 Å². The molecule has 1 fully saturated rings. The van der Waals surface area contributed by atoms with E-state index in [2.05, 4.69) is 39.2 Å². The molecule has 3 aliphatic rings. The van der Waals surface area contributed by atoms with Crippen LogP contribution in [0.4, 0.5) is 11.5 Å². The highest BCUT2D eigenvalue weighted by Gasteiger charge is 2.42. The van der Waals surface area contributed by atoms with Crippen molar-refractivity contribution in [2.45, 2.75) is 43.9 Å². The zero-order chi connectivity index (χ0) is 17.0. The number of nitrogens with zero attached hydrogens (tertiary/aromatic N) is 3.